The van der Waals surface area contributed by atoms with Crippen molar-refractivity contribution in [3.05, 3.63) is 17.0 Å². The van der Waals surface area contributed by atoms with Crippen molar-refractivity contribution in [2.75, 3.05) is 5.33 Å². The van der Waals surface area contributed by atoms with E-state index in [0.717, 1.165) is 11.8 Å². The number of aryl methyl sites for hydroxylation is 1. The van der Waals surface area contributed by atoms with Crippen molar-refractivity contribution < 1.29 is 0 Å². The summed E-state index contributed by atoms with van der Waals surface area (Å²) in [4.78, 5) is 0. The molecule has 0 aliphatic carbocycles. The minimum Gasteiger partial charge on any atom is -0.267 e. The summed E-state index contributed by atoms with van der Waals surface area (Å²) >= 11 is 3.59. The van der Waals surface area contributed by atoms with E-state index in [1.165, 1.54) is 17.0 Å². The zero-order chi connectivity index (χ0) is 12.5. The van der Waals surface area contributed by atoms with E-state index < -0.39 is 0 Å². The molecule has 16 heavy (non-hydrogen) atoms. The lowest BCUT2D eigenvalue weighted by molar-refractivity contribution is 0.422. The van der Waals surface area contributed by atoms with Crippen LogP contribution in [-0.4, -0.2) is 15.1 Å². The molecular weight excluding hydrogens is 264 g/mol. The van der Waals surface area contributed by atoms with Crippen molar-refractivity contribution in [2.24, 2.45) is 5.41 Å². The van der Waals surface area contributed by atoms with Crippen LogP contribution in [0.4, 0.5) is 0 Å². The van der Waals surface area contributed by atoms with E-state index in [9.17, 15) is 0 Å². The minimum atomic E-state index is 0.292. The van der Waals surface area contributed by atoms with Gasteiger partial charge in [-0.25, -0.2) is 0 Å². The predicted molar refractivity (Wildman–Crippen MR) is 73.4 cm³/mol. The van der Waals surface area contributed by atoms with Crippen molar-refractivity contribution in [2.45, 2.75) is 54.0 Å². The molecule has 0 aliphatic heterocycles. The summed E-state index contributed by atoms with van der Waals surface area (Å²) in [5, 5.41) is 5.65. The molecule has 0 aromatic carbocycles. The number of nitrogens with zero attached hydrogens (tertiary/aromatic N) is 2. The van der Waals surface area contributed by atoms with Gasteiger partial charge in [0.2, 0.25) is 0 Å². The molecule has 92 valence electrons. The molecule has 0 unspecified atom stereocenters. The maximum atomic E-state index is 4.63. The van der Waals surface area contributed by atoms with E-state index in [0.29, 0.717) is 11.5 Å². The molecule has 2 nitrogen and oxygen atoms in total. The monoisotopic (exact) mass is 286 g/mol. The average Bonchev–Trinajstić information content (AvgIpc) is 2.45. The third-order valence-corrected chi connectivity index (χ3v) is 4.50. The van der Waals surface area contributed by atoms with E-state index in [4.69, 9.17) is 0 Å². The van der Waals surface area contributed by atoms with Gasteiger partial charge < -0.3 is 0 Å². The van der Waals surface area contributed by atoms with Crippen LogP contribution in [0.5, 0.6) is 0 Å². The van der Waals surface area contributed by atoms with Gasteiger partial charge >= 0.3 is 0 Å². The van der Waals surface area contributed by atoms with Crippen LogP contribution in [0.2, 0.25) is 0 Å². The molecule has 0 atom stereocenters. The van der Waals surface area contributed by atoms with E-state index in [1.54, 1.807) is 0 Å². The van der Waals surface area contributed by atoms with Crippen LogP contribution < -0.4 is 0 Å². The van der Waals surface area contributed by atoms with Gasteiger partial charge in [-0.2, -0.15) is 5.10 Å². The molecule has 1 aromatic heterocycles. The zero-order valence-corrected chi connectivity index (χ0v) is 12.8. The molecule has 0 bridgehead atoms. The highest BCUT2D eigenvalue weighted by Gasteiger charge is 2.22. The zero-order valence-electron chi connectivity index (χ0n) is 11.3. The SMILES string of the molecule is Cc1nn(C(C)C)c(C)c1CC(C)(C)CBr. The highest BCUT2D eigenvalue weighted by atomic mass is 79.9. The first kappa shape index (κ1) is 13.8. The van der Waals surface area contributed by atoms with Crippen LogP contribution in [0.15, 0.2) is 0 Å². The van der Waals surface area contributed by atoms with Gasteiger partial charge in [-0.3, -0.25) is 4.68 Å². The first-order valence-electron chi connectivity index (χ1n) is 5.89. The summed E-state index contributed by atoms with van der Waals surface area (Å²) in [5.74, 6) is 0. The first-order chi connectivity index (χ1) is 7.28. The molecule has 0 saturated heterocycles. The topological polar surface area (TPSA) is 17.8 Å². The van der Waals surface area contributed by atoms with E-state index in [2.05, 4.69) is 67.3 Å². The smallest absolute Gasteiger partial charge is 0.0628 e. The van der Waals surface area contributed by atoms with Crippen LogP contribution in [0, 0.1) is 19.3 Å². The van der Waals surface area contributed by atoms with Gasteiger partial charge in [0.05, 0.1) is 5.69 Å². The number of hydrogen-bond acceptors (Lipinski definition) is 1. The summed E-state index contributed by atoms with van der Waals surface area (Å²) in [6, 6.07) is 0.444. The fourth-order valence-corrected chi connectivity index (χ4v) is 2.18. The van der Waals surface area contributed by atoms with Gasteiger partial charge in [0.25, 0.3) is 0 Å². The second-order valence-electron chi connectivity index (χ2n) is 5.66. The van der Waals surface area contributed by atoms with Crippen LogP contribution in [0.1, 0.15) is 50.7 Å². The first-order valence-corrected chi connectivity index (χ1v) is 7.01. The van der Waals surface area contributed by atoms with Crippen molar-refractivity contribution >= 4 is 15.9 Å². The summed E-state index contributed by atoms with van der Waals surface area (Å²) in [5.41, 5.74) is 4.21. The van der Waals surface area contributed by atoms with Gasteiger partial charge in [-0.15, -0.1) is 0 Å². The molecular formula is C13H23BrN2. The van der Waals surface area contributed by atoms with Crippen LogP contribution in [0.3, 0.4) is 0 Å². The molecule has 0 fully saturated rings. The van der Waals surface area contributed by atoms with E-state index >= 15 is 0 Å². The summed E-state index contributed by atoms with van der Waals surface area (Å²) in [6.07, 6.45) is 1.09. The summed E-state index contributed by atoms with van der Waals surface area (Å²) < 4.78 is 2.13. The third-order valence-electron chi connectivity index (χ3n) is 2.98. The predicted octanol–water partition coefficient (Wildman–Crippen LogP) is 4.04. The molecule has 0 amide bonds. The Balaban J connectivity index is 3.06. The fraction of sp³-hybridized carbons (Fsp3) is 0.769. The van der Waals surface area contributed by atoms with Gasteiger partial charge in [-0.05, 0) is 45.1 Å². The molecule has 0 aliphatic rings. The Labute approximate surface area is 108 Å². The van der Waals surface area contributed by atoms with Gasteiger partial charge in [0.1, 0.15) is 0 Å². The molecule has 3 heteroatoms. The summed E-state index contributed by atoms with van der Waals surface area (Å²) in [7, 11) is 0. The molecule has 0 N–H and O–H groups in total. The normalized spacial score (nSPS) is 12.5. The average molecular weight is 287 g/mol. The lowest BCUT2D eigenvalue weighted by atomic mass is 9.87. The molecule has 1 heterocycles. The fourth-order valence-electron chi connectivity index (χ4n) is 1.98. The molecule has 0 radical (unpaired) electrons. The Morgan fingerprint density at radius 2 is 1.88 bits per heavy atom. The van der Waals surface area contributed by atoms with Gasteiger partial charge in [0.15, 0.2) is 0 Å². The second-order valence-corrected chi connectivity index (χ2v) is 6.22. The Kier molecular flexibility index (Phi) is 4.22. The molecule has 0 spiro atoms. The van der Waals surface area contributed by atoms with Crippen molar-refractivity contribution in [1.29, 1.82) is 0 Å². The Morgan fingerprint density at radius 3 is 2.25 bits per heavy atom. The standard InChI is InChI=1S/C13H23BrN2/c1-9(2)16-11(4)12(10(3)15-16)7-13(5,6)8-14/h9H,7-8H2,1-6H3. The lowest BCUT2D eigenvalue weighted by Crippen LogP contribution is -2.17. The third kappa shape index (κ3) is 2.88. The number of aromatic nitrogens is 2. The molecule has 1 aromatic rings. The molecule has 1 rings (SSSR count). The summed E-state index contributed by atoms with van der Waals surface area (Å²) in [6.45, 7) is 13.2. The van der Waals surface area contributed by atoms with Crippen LogP contribution in [-0.2, 0) is 6.42 Å². The Hall–Kier alpha value is -0.310. The van der Waals surface area contributed by atoms with Gasteiger partial charge in [0, 0.05) is 17.1 Å². The van der Waals surface area contributed by atoms with Crippen molar-refractivity contribution in [3.63, 3.8) is 0 Å². The maximum Gasteiger partial charge on any atom is 0.0628 e. The number of alkyl halides is 1. The van der Waals surface area contributed by atoms with E-state index in [1.807, 2.05) is 0 Å². The highest BCUT2D eigenvalue weighted by molar-refractivity contribution is 9.09. The number of rotatable bonds is 4. The Morgan fingerprint density at radius 1 is 1.31 bits per heavy atom. The number of halogens is 1. The maximum absolute atomic E-state index is 4.63. The number of hydrogen-bond donors (Lipinski definition) is 0. The highest BCUT2D eigenvalue weighted by Crippen LogP contribution is 2.28. The van der Waals surface area contributed by atoms with Crippen molar-refractivity contribution in [1.82, 2.24) is 9.78 Å². The largest absolute Gasteiger partial charge is 0.267 e. The second kappa shape index (κ2) is 4.91. The van der Waals surface area contributed by atoms with E-state index in [-0.39, 0.29) is 0 Å². The van der Waals surface area contributed by atoms with Gasteiger partial charge in [-0.1, -0.05) is 29.8 Å². The molecule has 0 saturated carbocycles. The quantitative estimate of drug-likeness (QED) is 0.764. The Bertz CT molecular complexity index is 364. The van der Waals surface area contributed by atoms with Crippen LogP contribution in [0.25, 0.3) is 0 Å². The minimum absolute atomic E-state index is 0.292. The van der Waals surface area contributed by atoms with Crippen molar-refractivity contribution in [3.8, 4) is 0 Å². The van der Waals surface area contributed by atoms with Crippen LogP contribution >= 0.6 is 15.9 Å². The lowest BCUT2D eigenvalue weighted by Gasteiger charge is -2.21.